The Morgan fingerprint density at radius 1 is 1.07 bits per heavy atom. The van der Waals surface area contributed by atoms with Gasteiger partial charge in [0.25, 0.3) is 11.8 Å². The number of amides is 4. The molecule has 0 saturated carbocycles. The van der Waals surface area contributed by atoms with Gasteiger partial charge >= 0.3 is 6.03 Å². The van der Waals surface area contributed by atoms with Gasteiger partial charge in [-0.3, -0.25) is 14.5 Å². The summed E-state index contributed by atoms with van der Waals surface area (Å²) in [6, 6.07) is 18.1. The van der Waals surface area contributed by atoms with E-state index in [4.69, 9.17) is 0 Å². The molecule has 2 aliphatic heterocycles. The monoisotopic (exact) mass is 376 g/mol. The van der Waals surface area contributed by atoms with Crippen LogP contribution in [-0.2, 0) is 15.1 Å². The van der Waals surface area contributed by atoms with Crippen LogP contribution >= 0.6 is 0 Å². The second-order valence-corrected chi connectivity index (χ2v) is 6.99. The predicted octanol–water partition coefficient (Wildman–Crippen LogP) is 2.09. The number of rotatable bonds is 4. The van der Waals surface area contributed by atoms with E-state index in [9.17, 15) is 14.4 Å². The maximum atomic E-state index is 12.9. The largest absolute Gasteiger partial charge is 0.325 e. The van der Waals surface area contributed by atoms with Crippen molar-refractivity contribution in [2.75, 3.05) is 13.1 Å². The van der Waals surface area contributed by atoms with Crippen molar-refractivity contribution in [1.29, 1.82) is 0 Å². The molecule has 4 amide bonds. The molecule has 0 aliphatic carbocycles. The van der Waals surface area contributed by atoms with Gasteiger partial charge < -0.3 is 5.32 Å². The van der Waals surface area contributed by atoms with Crippen LogP contribution in [0.1, 0.15) is 24.5 Å². The Hall–Kier alpha value is -3.48. The fourth-order valence-corrected chi connectivity index (χ4v) is 3.50. The number of nitrogens with one attached hydrogen (secondary N) is 1. The van der Waals surface area contributed by atoms with Gasteiger partial charge in [-0.15, -0.1) is 0 Å². The van der Waals surface area contributed by atoms with Crippen molar-refractivity contribution in [2.45, 2.75) is 18.9 Å². The molecule has 1 N–H and O–H groups in total. The van der Waals surface area contributed by atoms with Crippen LogP contribution in [0.2, 0.25) is 0 Å². The fraction of sp³-hybridized carbons (Fsp3) is 0.238. The molecule has 0 unspecified atom stereocenters. The Morgan fingerprint density at radius 3 is 2.39 bits per heavy atom. The zero-order valence-electron chi connectivity index (χ0n) is 15.5. The molecule has 2 aromatic carbocycles. The van der Waals surface area contributed by atoms with Crippen LogP contribution in [0.4, 0.5) is 4.79 Å². The normalized spacial score (nSPS) is 21.7. The highest BCUT2D eigenvalue weighted by atomic mass is 16.2. The summed E-state index contributed by atoms with van der Waals surface area (Å²) in [6.07, 6.45) is 0.637. The standard InChI is InChI=1S/C21H20N4O3/c1-21(16-10-6-3-7-11-16)19(27)24(20(28)22-21)14-18(26)25-13-12-17(23-25)15-8-4-2-5-9-15/h2-11H,12-14H2,1H3,(H,22,28)/t21-/m0/s1. The summed E-state index contributed by atoms with van der Waals surface area (Å²) in [5.74, 6) is -0.824. The van der Waals surface area contributed by atoms with E-state index in [-0.39, 0.29) is 12.5 Å². The van der Waals surface area contributed by atoms with Gasteiger partial charge in [-0.1, -0.05) is 60.7 Å². The molecule has 7 heteroatoms. The zero-order chi connectivity index (χ0) is 19.7. The van der Waals surface area contributed by atoms with Crippen molar-refractivity contribution in [3.05, 3.63) is 71.8 Å². The SMILES string of the molecule is C[C@@]1(c2ccccc2)NC(=O)N(CC(=O)N2CCC(c3ccccc3)=N2)C1=O. The van der Waals surface area contributed by atoms with Gasteiger partial charge in [0.15, 0.2) is 0 Å². The first-order valence-electron chi connectivity index (χ1n) is 9.12. The van der Waals surface area contributed by atoms with Gasteiger partial charge in [0.05, 0.1) is 12.3 Å². The van der Waals surface area contributed by atoms with Crippen LogP contribution in [0.3, 0.4) is 0 Å². The molecule has 2 heterocycles. The molecule has 142 valence electrons. The Labute approximate surface area is 162 Å². The van der Waals surface area contributed by atoms with E-state index >= 15 is 0 Å². The van der Waals surface area contributed by atoms with E-state index in [1.54, 1.807) is 31.2 Å². The van der Waals surface area contributed by atoms with Gasteiger partial charge in [0.1, 0.15) is 12.1 Å². The molecule has 2 aliphatic rings. The van der Waals surface area contributed by atoms with Crippen LogP contribution in [0, 0.1) is 0 Å². The molecule has 1 atom stereocenters. The lowest BCUT2D eigenvalue weighted by molar-refractivity contribution is -0.138. The highest BCUT2D eigenvalue weighted by Crippen LogP contribution is 2.28. The quantitative estimate of drug-likeness (QED) is 0.830. The summed E-state index contributed by atoms with van der Waals surface area (Å²) in [7, 11) is 0. The number of imide groups is 1. The Balaban J connectivity index is 1.49. The van der Waals surface area contributed by atoms with Gasteiger partial charge in [-0.2, -0.15) is 5.10 Å². The Bertz CT molecular complexity index is 958. The summed E-state index contributed by atoms with van der Waals surface area (Å²) in [4.78, 5) is 38.9. The van der Waals surface area contributed by atoms with Crippen LogP contribution < -0.4 is 5.32 Å². The minimum absolute atomic E-state index is 0.335. The fourth-order valence-electron chi connectivity index (χ4n) is 3.50. The minimum Gasteiger partial charge on any atom is -0.319 e. The minimum atomic E-state index is -1.18. The van der Waals surface area contributed by atoms with Crippen molar-refractivity contribution in [3.8, 4) is 0 Å². The second kappa shape index (κ2) is 6.92. The van der Waals surface area contributed by atoms with Gasteiger partial charge in [0.2, 0.25) is 0 Å². The van der Waals surface area contributed by atoms with Crippen LogP contribution in [0.15, 0.2) is 65.8 Å². The number of hydrogen-bond donors (Lipinski definition) is 1. The number of benzene rings is 2. The Kier molecular flexibility index (Phi) is 4.43. The number of carbonyl (C=O) groups excluding carboxylic acids is 3. The Morgan fingerprint density at radius 2 is 1.71 bits per heavy atom. The molecular weight excluding hydrogens is 356 g/mol. The third-order valence-corrected chi connectivity index (χ3v) is 5.12. The maximum absolute atomic E-state index is 12.9. The lowest BCUT2D eigenvalue weighted by Gasteiger charge is -2.22. The molecule has 7 nitrogen and oxygen atoms in total. The van der Waals surface area contributed by atoms with Crippen LogP contribution in [0.5, 0.6) is 0 Å². The van der Waals surface area contributed by atoms with Crippen LogP contribution in [0.25, 0.3) is 0 Å². The van der Waals surface area contributed by atoms with Crippen molar-refractivity contribution in [1.82, 2.24) is 15.2 Å². The van der Waals surface area contributed by atoms with Crippen molar-refractivity contribution in [3.63, 3.8) is 0 Å². The summed E-state index contributed by atoms with van der Waals surface area (Å²) in [6.45, 7) is 1.75. The highest BCUT2D eigenvalue weighted by Gasteiger charge is 2.49. The lowest BCUT2D eigenvalue weighted by atomic mass is 9.92. The third kappa shape index (κ3) is 3.05. The van der Waals surface area contributed by atoms with E-state index in [1.807, 2.05) is 36.4 Å². The van der Waals surface area contributed by atoms with E-state index < -0.39 is 17.5 Å². The topological polar surface area (TPSA) is 82.1 Å². The second-order valence-electron chi connectivity index (χ2n) is 6.99. The third-order valence-electron chi connectivity index (χ3n) is 5.12. The van der Waals surface area contributed by atoms with Gasteiger partial charge in [0, 0.05) is 6.42 Å². The smallest absolute Gasteiger partial charge is 0.319 e. The summed E-state index contributed by atoms with van der Waals surface area (Å²) >= 11 is 0. The molecule has 0 spiro atoms. The molecule has 1 fully saturated rings. The lowest BCUT2D eigenvalue weighted by Crippen LogP contribution is -2.43. The number of urea groups is 1. The van der Waals surface area contributed by atoms with Crippen LogP contribution in [-0.4, -0.2) is 46.6 Å². The molecule has 0 bridgehead atoms. The van der Waals surface area contributed by atoms with Gasteiger partial charge in [-0.25, -0.2) is 9.80 Å². The highest BCUT2D eigenvalue weighted by molar-refractivity contribution is 6.09. The number of hydrogen-bond acceptors (Lipinski definition) is 4. The maximum Gasteiger partial charge on any atom is 0.325 e. The van der Waals surface area contributed by atoms with E-state index in [1.165, 1.54) is 5.01 Å². The van der Waals surface area contributed by atoms with Crippen molar-refractivity contribution in [2.24, 2.45) is 5.10 Å². The molecule has 0 radical (unpaired) electrons. The molecule has 1 saturated heterocycles. The van der Waals surface area contributed by atoms with E-state index in [0.717, 1.165) is 16.2 Å². The average Bonchev–Trinajstić information content (AvgIpc) is 3.30. The number of nitrogens with zero attached hydrogens (tertiary/aromatic N) is 3. The summed E-state index contributed by atoms with van der Waals surface area (Å²) in [5.41, 5.74) is 1.28. The first kappa shape index (κ1) is 17.9. The van der Waals surface area contributed by atoms with Crippen molar-refractivity contribution < 1.29 is 14.4 Å². The first-order valence-corrected chi connectivity index (χ1v) is 9.12. The summed E-state index contributed by atoms with van der Waals surface area (Å²) < 4.78 is 0. The molecule has 28 heavy (non-hydrogen) atoms. The van der Waals surface area contributed by atoms with E-state index in [0.29, 0.717) is 18.5 Å². The zero-order valence-corrected chi connectivity index (χ0v) is 15.5. The molecule has 4 rings (SSSR count). The molecule has 2 aromatic rings. The molecule has 0 aromatic heterocycles. The average molecular weight is 376 g/mol. The van der Waals surface area contributed by atoms with Gasteiger partial charge in [-0.05, 0) is 18.1 Å². The van der Waals surface area contributed by atoms with E-state index in [2.05, 4.69) is 10.4 Å². The molecular formula is C21H20N4O3. The predicted molar refractivity (Wildman–Crippen MR) is 103 cm³/mol. The first-order chi connectivity index (χ1) is 13.5. The summed E-state index contributed by atoms with van der Waals surface area (Å²) in [5, 5.41) is 8.42. The van der Waals surface area contributed by atoms with Crippen molar-refractivity contribution >= 4 is 23.6 Å². The number of hydrazone groups is 1. The number of carbonyl (C=O) groups is 3.